The number of hydrogen-bond donors (Lipinski definition) is 4. The van der Waals surface area contributed by atoms with E-state index in [1.54, 1.807) is 6.07 Å². The summed E-state index contributed by atoms with van der Waals surface area (Å²) in [7, 11) is -2.27. The number of anilines is 1. The maximum Gasteiger partial charge on any atom is 0.430 e. The Kier molecular flexibility index (Phi) is 7.52. The molecule has 1 fully saturated rings. The van der Waals surface area contributed by atoms with Crippen LogP contribution in [0.15, 0.2) is 47.4 Å². The van der Waals surface area contributed by atoms with E-state index in [4.69, 9.17) is 4.74 Å². The molecule has 1 unspecified atom stereocenters. The number of alkyl halides is 6. The van der Waals surface area contributed by atoms with E-state index in [0.717, 1.165) is 12.1 Å². The maximum atomic E-state index is 13.1. The summed E-state index contributed by atoms with van der Waals surface area (Å²) in [5.41, 5.74) is 0.530. The Morgan fingerprint density at radius 2 is 1.67 bits per heavy atom. The highest BCUT2D eigenvalue weighted by Gasteiger charge is 2.71. The largest absolute Gasteiger partial charge is 0.453 e. The topological polar surface area (TPSA) is 120 Å². The molecule has 16 heteroatoms. The first-order chi connectivity index (χ1) is 18.1. The Morgan fingerprint density at radius 3 is 2.21 bits per heavy atom. The zero-order valence-corrected chi connectivity index (χ0v) is 21.0. The van der Waals surface area contributed by atoms with Crippen LogP contribution in [-0.4, -0.2) is 55.9 Å². The molecule has 39 heavy (non-hydrogen) atoms. The minimum absolute atomic E-state index is 0.0611. The van der Waals surface area contributed by atoms with Gasteiger partial charge in [-0.25, -0.2) is 24.1 Å². The number of hydrogen-bond acceptors (Lipinski definition) is 8. The number of nitrogens with zero attached hydrogens (tertiary/aromatic N) is 1. The second-order valence-corrected chi connectivity index (χ2v) is 11.3. The van der Waals surface area contributed by atoms with Crippen LogP contribution < -0.4 is 16.2 Å². The number of benzene rings is 2. The number of aliphatic hydroxyl groups is 1. The van der Waals surface area contributed by atoms with Gasteiger partial charge in [0.25, 0.3) is 5.60 Å². The van der Waals surface area contributed by atoms with Crippen molar-refractivity contribution in [1.82, 2.24) is 15.8 Å². The van der Waals surface area contributed by atoms with Crippen molar-refractivity contribution < 1.29 is 49.4 Å². The van der Waals surface area contributed by atoms with Crippen molar-refractivity contribution in [2.75, 3.05) is 19.1 Å². The van der Waals surface area contributed by atoms with Crippen LogP contribution in [0.3, 0.4) is 0 Å². The summed E-state index contributed by atoms with van der Waals surface area (Å²) >= 11 is 0. The van der Waals surface area contributed by atoms with Gasteiger partial charge in [-0.05, 0) is 48.2 Å². The van der Waals surface area contributed by atoms with Gasteiger partial charge in [-0.3, -0.25) is 4.90 Å². The van der Waals surface area contributed by atoms with Crippen LogP contribution in [0.1, 0.15) is 35.7 Å². The molecular formula is C23H24F6N4O5S. The van der Waals surface area contributed by atoms with Crippen LogP contribution in [-0.2, 0) is 26.7 Å². The Morgan fingerprint density at radius 1 is 1.05 bits per heavy atom. The summed E-state index contributed by atoms with van der Waals surface area (Å²) < 4.78 is 108. The van der Waals surface area contributed by atoms with E-state index >= 15 is 0 Å². The van der Waals surface area contributed by atoms with Gasteiger partial charge < -0.3 is 15.2 Å². The van der Waals surface area contributed by atoms with Crippen molar-refractivity contribution in [3.8, 4) is 0 Å². The molecule has 1 saturated carbocycles. The third kappa shape index (κ3) is 5.37. The molecule has 4 rings (SSSR count). The van der Waals surface area contributed by atoms with Gasteiger partial charge in [-0.1, -0.05) is 18.2 Å². The summed E-state index contributed by atoms with van der Waals surface area (Å²) in [5, 5.41) is 11.8. The first kappa shape index (κ1) is 28.9. The van der Waals surface area contributed by atoms with E-state index < -0.39 is 50.9 Å². The van der Waals surface area contributed by atoms with Gasteiger partial charge in [0.1, 0.15) is 6.17 Å². The normalized spacial score (nSPS) is 18.2. The lowest BCUT2D eigenvalue weighted by atomic mass is 9.92. The summed E-state index contributed by atoms with van der Waals surface area (Å²) in [6.45, 7) is -0.0390. The van der Waals surface area contributed by atoms with Gasteiger partial charge >= 0.3 is 18.4 Å². The molecular weight excluding hydrogens is 558 g/mol. The number of halogens is 6. The Bertz CT molecular complexity index is 1320. The Hall–Kier alpha value is -3.08. The minimum Gasteiger partial charge on any atom is -0.453 e. The molecule has 2 aromatic carbocycles. The molecule has 214 valence electrons. The third-order valence-corrected chi connectivity index (χ3v) is 8.77. The summed E-state index contributed by atoms with van der Waals surface area (Å²) in [6.07, 6.45) is -12.2. The molecule has 1 aliphatic heterocycles. The lowest BCUT2D eigenvalue weighted by Crippen LogP contribution is -2.53. The van der Waals surface area contributed by atoms with Crippen molar-refractivity contribution in [1.29, 1.82) is 0 Å². The Labute approximate surface area is 219 Å². The molecule has 1 aliphatic carbocycles. The van der Waals surface area contributed by atoms with Crippen LogP contribution in [0.2, 0.25) is 0 Å². The maximum absolute atomic E-state index is 13.1. The van der Waals surface area contributed by atoms with Crippen LogP contribution >= 0.6 is 0 Å². The van der Waals surface area contributed by atoms with Gasteiger partial charge in [-0.15, -0.1) is 0 Å². The molecule has 2 aliphatic rings. The quantitative estimate of drug-likeness (QED) is 0.161. The summed E-state index contributed by atoms with van der Waals surface area (Å²) in [6, 6.07) is 7.46. The Balaban J connectivity index is 1.42. The van der Waals surface area contributed by atoms with Gasteiger partial charge in [0.15, 0.2) is 9.84 Å². The fourth-order valence-electron chi connectivity index (χ4n) is 4.23. The second-order valence-electron chi connectivity index (χ2n) is 9.06. The van der Waals surface area contributed by atoms with Gasteiger partial charge in [0, 0.05) is 11.3 Å². The van der Waals surface area contributed by atoms with E-state index in [2.05, 4.69) is 16.2 Å². The monoisotopic (exact) mass is 582 g/mol. The minimum atomic E-state index is -5.99. The predicted octanol–water partition coefficient (Wildman–Crippen LogP) is 3.68. The molecule has 9 nitrogen and oxygen atoms in total. The van der Waals surface area contributed by atoms with Crippen LogP contribution in [0.5, 0.6) is 0 Å². The molecule has 0 radical (unpaired) electrons. The lowest BCUT2D eigenvalue weighted by Gasteiger charge is -2.32. The average molecular weight is 583 g/mol. The zero-order chi connectivity index (χ0) is 28.8. The third-order valence-electron chi connectivity index (χ3n) is 6.51. The van der Waals surface area contributed by atoms with E-state index in [9.17, 15) is 44.7 Å². The fraction of sp³-hybridized carbons (Fsp3) is 0.435. The number of carbonyl (C=O) groups excluding carboxylic acids is 1. The van der Waals surface area contributed by atoms with Crippen molar-refractivity contribution in [2.24, 2.45) is 0 Å². The predicted molar refractivity (Wildman–Crippen MR) is 125 cm³/mol. The highest BCUT2D eigenvalue weighted by atomic mass is 32.2. The molecule has 0 aromatic heterocycles. The standard InChI is InChI=1S/C23H24F6N4O5S/c1-38-20(34)33-11-13-10-17(39(36,37)16-6-7-16)8-9-18(13)19(33)32-31-12-30-15-4-2-14(3-5-15)21(35,22(24,25)26)23(27,28)29/h2-5,8-10,16,19,30-32,35H,6-7,11-12H2,1H3. The fourth-order valence-corrected chi connectivity index (χ4v) is 5.94. The van der Waals surface area contributed by atoms with Crippen molar-refractivity contribution in [3.05, 3.63) is 59.2 Å². The molecule has 1 atom stereocenters. The number of sulfone groups is 1. The number of nitrogens with one attached hydrogen (secondary N) is 3. The van der Waals surface area contributed by atoms with Crippen LogP contribution in [0.25, 0.3) is 0 Å². The number of methoxy groups -OCH3 is 1. The summed E-state index contributed by atoms with van der Waals surface area (Å²) in [5.74, 6) is 0. The van der Waals surface area contributed by atoms with E-state index in [-0.39, 0.29) is 23.8 Å². The molecule has 0 saturated heterocycles. The molecule has 4 N–H and O–H groups in total. The highest BCUT2D eigenvalue weighted by Crippen LogP contribution is 2.50. The molecule has 0 spiro atoms. The van der Waals surface area contributed by atoms with Crippen LogP contribution in [0.4, 0.5) is 36.8 Å². The molecule has 1 amide bonds. The number of fused-ring (bicyclic) bond motifs is 1. The van der Waals surface area contributed by atoms with Crippen molar-refractivity contribution in [2.45, 2.75) is 53.7 Å². The number of ether oxygens (including phenoxy) is 1. The van der Waals surface area contributed by atoms with Gasteiger partial charge in [0.2, 0.25) is 0 Å². The lowest BCUT2D eigenvalue weighted by molar-refractivity contribution is -0.376. The summed E-state index contributed by atoms with van der Waals surface area (Å²) in [4.78, 5) is 13.8. The second kappa shape index (κ2) is 10.1. The number of rotatable bonds is 8. The van der Waals surface area contributed by atoms with E-state index in [1.165, 1.54) is 24.1 Å². The molecule has 2 aromatic rings. The zero-order valence-electron chi connectivity index (χ0n) is 20.2. The number of amides is 1. The number of hydrazine groups is 1. The first-order valence-corrected chi connectivity index (χ1v) is 13.1. The average Bonchev–Trinajstić information content (AvgIpc) is 3.67. The van der Waals surface area contributed by atoms with E-state index in [0.29, 0.717) is 36.1 Å². The SMILES string of the molecule is COC(=O)N1Cc2cc(S(=O)(=O)C3CC3)ccc2C1NNCNc1ccc(C(O)(C(F)(F)F)C(F)(F)F)cc1. The molecule has 1 heterocycles. The van der Waals surface area contributed by atoms with Crippen molar-refractivity contribution in [3.63, 3.8) is 0 Å². The van der Waals surface area contributed by atoms with Crippen molar-refractivity contribution >= 4 is 21.6 Å². The molecule has 0 bridgehead atoms. The smallest absolute Gasteiger partial charge is 0.430 e. The van der Waals surface area contributed by atoms with E-state index in [1.807, 2.05) is 0 Å². The first-order valence-electron chi connectivity index (χ1n) is 11.5. The highest BCUT2D eigenvalue weighted by molar-refractivity contribution is 7.92. The number of carbonyl (C=O) groups is 1. The van der Waals surface area contributed by atoms with Crippen LogP contribution in [0, 0.1) is 0 Å². The van der Waals surface area contributed by atoms with Gasteiger partial charge in [0.05, 0.1) is 30.5 Å². The van der Waals surface area contributed by atoms with Gasteiger partial charge in [-0.2, -0.15) is 26.3 Å².